The number of aromatic nitrogens is 2. The molecule has 0 aliphatic rings. The number of benzene rings is 2. The lowest BCUT2D eigenvalue weighted by Gasteiger charge is -2.08. The van der Waals surface area contributed by atoms with Crippen LogP contribution in [0.4, 0.5) is 18.9 Å². The van der Waals surface area contributed by atoms with E-state index in [2.05, 4.69) is 10.3 Å². The number of halogens is 4. The van der Waals surface area contributed by atoms with Crippen molar-refractivity contribution < 1.29 is 18.0 Å². The molecule has 0 bridgehead atoms. The van der Waals surface area contributed by atoms with Gasteiger partial charge in [-0.3, -0.25) is 14.2 Å². The third-order valence-electron chi connectivity index (χ3n) is 4.89. The van der Waals surface area contributed by atoms with Crippen molar-refractivity contribution in [3.8, 4) is 0 Å². The third-order valence-corrected chi connectivity index (χ3v) is 6.46. The fourth-order valence-electron chi connectivity index (χ4n) is 3.23. The summed E-state index contributed by atoms with van der Waals surface area (Å²) in [5.74, 6) is -0.526. The minimum Gasteiger partial charge on any atom is -0.321 e. The SMILES string of the molecule is Cc1c(C(=O)Nc2ccc(C(F)(F)F)cc2)sc2ncn(Cc3ccccc3Cl)c(=O)c12. The molecule has 0 spiro atoms. The van der Waals surface area contributed by atoms with Gasteiger partial charge in [0, 0.05) is 10.7 Å². The Morgan fingerprint density at radius 3 is 2.50 bits per heavy atom. The molecule has 2 heterocycles. The van der Waals surface area contributed by atoms with Crippen molar-refractivity contribution in [2.45, 2.75) is 19.6 Å². The van der Waals surface area contributed by atoms with Gasteiger partial charge in [0.2, 0.25) is 0 Å². The average molecular weight is 478 g/mol. The van der Waals surface area contributed by atoms with Crippen molar-refractivity contribution >= 4 is 44.7 Å². The van der Waals surface area contributed by atoms with Crippen LogP contribution in [-0.4, -0.2) is 15.5 Å². The number of nitrogens with one attached hydrogen (secondary N) is 1. The van der Waals surface area contributed by atoms with Crippen LogP contribution < -0.4 is 10.9 Å². The Labute approximate surface area is 189 Å². The van der Waals surface area contributed by atoms with E-state index in [0.29, 0.717) is 20.8 Å². The maximum atomic E-state index is 13.0. The lowest BCUT2D eigenvalue weighted by Crippen LogP contribution is -2.21. The topological polar surface area (TPSA) is 64.0 Å². The molecule has 0 aliphatic heterocycles. The van der Waals surface area contributed by atoms with Crippen molar-refractivity contribution in [3.05, 3.63) is 91.8 Å². The van der Waals surface area contributed by atoms with E-state index in [-0.39, 0.29) is 22.7 Å². The lowest BCUT2D eigenvalue weighted by atomic mass is 10.2. The Balaban J connectivity index is 1.63. The zero-order chi connectivity index (χ0) is 23.0. The molecule has 0 atom stereocenters. The second-order valence-electron chi connectivity index (χ2n) is 7.03. The van der Waals surface area contributed by atoms with Crippen LogP contribution >= 0.6 is 22.9 Å². The predicted octanol–water partition coefficient (Wildman–Crippen LogP) is 5.74. The van der Waals surface area contributed by atoms with Crippen LogP contribution in [-0.2, 0) is 12.7 Å². The number of aryl methyl sites for hydroxylation is 1. The van der Waals surface area contributed by atoms with Crippen LogP contribution in [0.3, 0.4) is 0 Å². The zero-order valence-corrected chi connectivity index (χ0v) is 18.1. The van der Waals surface area contributed by atoms with Crippen LogP contribution in [0.15, 0.2) is 59.7 Å². The Morgan fingerprint density at radius 2 is 1.84 bits per heavy atom. The summed E-state index contributed by atoms with van der Waals surface area (Å²) >= 11 is 7.23. The minimum atomic E-state index is -4.46. The molecule has 1 N–H and O–H groups in total. The molecule has 4 aromatic rings. The van der Waals surface area contributed by atoms with Gasteiger partial charge in [0.15, 0.2) is 0 Å². The molecular weight excluding hydrogens is 463 g/mol. The Kier molecular flexibility index (Phi) is 5.79. The van der Waals surface area contributed by atoms with E-state index >= 15 is 0 Å². The largest absolute Gasteiger partial charge is 0.416 e. The lowest BCUT2D eigenvalue weighted by molar-refractivity contribution is -0.137. The monoisotopic (exact) mass is 477 g/mol. The first-order valence-corrected chi connectivity index (χ1v) is 10.5. The van der Waals surface area contributed by atoms with Crippen molar-refractivity contribution in [2.24, 2.45) is 0 Å². The predicted molar refractivity (Wildman–Crippen MR) is 119 cm³/mol. The van der Waals surface area contributed by atoms with E-state index < -0.39 is 17.6 Å². The summed E-state index contributed by atoms with van der Waals surface area (Å²) in [5, 5.41) is 3.42. The summed E-state index contributed by atoms with van der Waals surface area (Å²) in [6.07, 6.45) is -3.05. The first-order chi connectivity index (χ1) is 15.1. The van der Waals surface area contributed by atoms with Gasteiger partial charge in [-0.25, -0.2) is 4.98 Å². The highest BCUT2D eigenvalue weighted by Crippen LogP contribution is 2.31. The number of anilines is 1. The molecule has 2 aromatic carbocycles. The highest BCUT2D eigenvalue weighted by atomic mass is 35.5. The van der Waals surface area contributed by atoms with Crippen molar-refractivity contribution in [1.29, 1.82) is 0 Å². The van der Waals surface area contributed by atoms with Gasteiger partial charge in [-0.1, -0.05) is 29.8 Å². The summed E-state index contributed by atoms with van der Waals surface area (Å²) in [6, 6.07) is 11.3. The molecule has 0 fully saturated rings. The molecular formula is C22H15ClF3N3O2S. The smallest absolute Gasteiger partial charge is 0.321 e. The number of amides is 1. The number of carbonyl (C=O) groups excluding carboxylic acids is 1. The molecule has 10 heteroatoms. The molecule has 0 aliphatic carbocycles. The van der Waals surface area contributed by atoms with Gasteiger partial charge in [0.25, 0.3) is 11.5 Å². The fourth-order valence-corrected chi connectivity index (χ4v) is 4.46. The number of alkyl halides is 3. The second kappa shape index (κ2) is 8.40. The maximum absolute atomic E-state index is 13.0. The number of rotatable bonds is 4. The number of nitrogens with zero attached hydrogens (tertiary/aromatic N) is 2. The average Bonchev–Trinajstić information content (AvgIpc) is 3.08. The summed E-state index contributed by atoms with van der Waals surface area (Å²) in [6.45, 7) is 1.87. The first-order valence-electron chi connectivity index (χ1n) is 9.35. The standard InChI is InChI=1S/C22H15ClF3N3O2S/c1-12-17-20(27-11-29(21(17)31)10-13-4-2-3-5-16(13)23)32-18(12)19(30)28-15-8-6-14(7-9-15)22(24,25)26/h2-9,11H,10H2,1H3,(H,28,30). The fraction of sp³-hybridized carbons (Fsp3) is 0.136. The van der Waals surface area contributed by atoms with Gasteiger partial charge in [-0.15, -0.1) is 11.3 Å². The van der Waals surface area contributed by atoms with E-state index in [4.69, 9.17) is 11.6 Å². The van der Waals surface area contributed by atoms with Gasteiger partial charge in [-0.2, -0.15) is 13.2 Å². The minimum absolute atomic E-state index is 0.212. The second-order valence-corrected chi connectivity index (χ2v) is 8.44. The maximum Gasteiger partial charge on any atom is 0.416 e. The molecule has 1 amide bonds. The van der Waals surface area contributed by atoms with Crippen molar-refractivity contribution in [3.63, 3.8) is 0 Å². The zero-order valence-electron chi connectivity index (χ0n) is 16.5. The normalized spacial score (nSPS) is 11.7. The number of thiophene rings is 1. The van der Waals surface area contributed by atoms with Gasteiger partial charge < -0.3 is 5.32 Å². The number of hydrogen-bond acceptors (Lipinski definition) is 4. The van der Waals surface area contributed by atoms with Gasteiger partial charge in [0.1, 0.15) is 4.83 Å². The van der Waals surface area contributed by atoms with Crippen LogP contribution in [0.2, 0.25) is 5.02 Å². The van der Waals surface area contributed by atoms with Crippen LogP contribution in [0.5, 0.6) is 0 Å². The molecule has 0 radical (unpaired) electrons. The number of fused-ring (bicyclic) bond motifs is 1. The van der Waals surface area contributed by atoms with Crippen LogP contribution in [0.25, 0.3) is 10.2 Å². The highest BCUT2D eigenvalue weighted by Gasteiger charge is 2.30. The molecule has 2 aromatic heterocycles. The highest BCUT2D eigenvalue weighted by molar-refractivity contribution is 7.20. The quantitative estimate of drug-likeness (QED) is 0.407. The van der Waals surface area contributed by atoms with E-state index in [9.17, 15) is 22.8 Å². The molecule has 0 unspecified atom stereocenters. The molecule has 4 rings (SSSR count). The molecule has 0 saturated carbocycles. The molecule has 32 heavy (non-hydrogen) atoms. The Hall–Kier alpha value is -3.17. The summed E-state index contributed by atoms with van der Waals surface area (Å²) < 4.78 is 39.6. The van der Waals surface area contributed by atoms with E-state index in [1.54, 1.807) is 19.1 Å². The van der Waals surface area contributed by atoms with E-state index in [0.717, 1.165) is 29.0 Å². The third kappa shape index (κ3) is 4.26. The van der Waals surface area contributed by atoms with Crippen LogP contribution in [0.1, 0.15) is 26.4 Å². The first kappa shape index (κ1) is 22.0. The molecule has 0 saturated heterocycles. The summed E-state index contributed by atoms with van der Waals surface area (Å²) in [7, 11) is 0. The van der Waals surface area contributed by atoms with E-state index in [1.807, 2.05) is 12.1 Å². The molecule has 5 nitrogen and oxygen atoms in total. The Morgan fingerprint density at radius 1 is 1.16 bits per heavy atom. The van der Waals surface area contributed by atoms with Crippen LogP contribution in [0, 0.1) is 6.92 Å². The number of carbonyl (C=O) groups is 1. The van der Waals surface area contributed by atoms with Gasteiger partial charge >= 0.3 is 6.18 Å². The Bertz CT molecular complexity index is 1380. The van der Waals surface area contributed by atoms with Gasteiger partial charge in [0.05, 0.1) is 28.7 Å². The van der Waals surface area contributed by atoms with Gasteiger partial charge in [-0.05, 0) is 48.4 Å². The van der Waals surface area contributed by atoms with Crippen molar-refractivity contribution in [2.75, 3.05) is 5.32 Å². The summed E-state index contributed by atoms with van der Waals surface area (Å²) in [5.41, 5.74) is 0.309. The molecule has 164 valence electrons. The number of hydrogen-bond donors (Lipinski definition) is 1. The van der Waals surface area contributed by atoms with E-state index in [1.165, 1.54) is 23.0 Å². The summed E-state index contributed by atoms with van der Waals surface area (Å²) in [4.78, 5) is 30.8. The van der Waals surface area contributed by atoms with Crippen molar-refractivity contribution in [1.82, 2.24) is 9.55 Å².